The summed E-state index contributed by atoms with van der Waals surface area (Å²) in [6.07, 6.45) is 3.62. The normalized spacial score (nSPS) is 26.7. The van der Waals surface area contributed by atoms with Crippen molar-refractivity contribution in [2.45, 2.75) is 31.1 Å². The summed E-state index contributed by atoms with van der Waals surface area (Å²) in [5.74, 6) is -0.289. The van der Waals surface area contributed by atoms with Crippen LogP contribution >= 0.6 is 11.6 Å². The molecule has 3 atom stereocenters. The predicted octanol–water partition coefficient (Wildman–Crippen LogP) is 3.02. The molecule has 4 rings (SSSR count). The first-order valence-electron chi connectivity index (χ1n) is 11.6. The molecular weight excluding hydrogens is 447 g/mol. The van der Waals surface area contributed by atoms with Gasteiger partial charge in [-0.05, 0) is 55.0 Å². The van der Waals surface area contributed by atoms with E-state index < -0.39 is 11.3 Å². The van der Waals surface area contributed by atoms with Crippen LogP contribution in [-0.4, -0.2) is 63.6 Å². The second kappa shape index (κ2) is 11.4. The van der Waals surface area contributed by atoms with Crippen LogP contribution in [0.1, 0.15) is 31.2 Å². The minimum Gasteiger partial charge on any atom is -0.385 e. The van der Waals surface area contributed by atoms with Crippen LogP contribution in [0.25, 0.3) is 0 Å². The van der Waals surface area contributed by atoms with Gasteiger partial charge in [0.1, 0.15) is 11.6 Å². The zero-order chi connectivity index (χ0) is 23.2. The van der Waals surface area contributed by atoms with Gasteiger partial charge in [-0.2, -0.15) is 0 Å². The molecule has 0 aromatic heterocycles. The average Bonchev–Trinajstić information content (AvgIpc) is 3.12. The number of carbonyl (C=O) groups excluding carboxylic acids is 1. The third kappa shape index (κ3) is 6.12. The number of aliphatic imine (C=N–C) groups is 1. The van der Waals surface area contributed by atoms with Crippen molar-refractivity contribution in [3.8, 4) is 0 Å². The van der Waals surface area contributed by atoms with Crippen molar-refractivity contribution < 1.29 is 18.7 Å². The zero-order valence-electron chi connectivity index (χ0n) is 18.9. The number of alkyl halides is 1. The summed E-state index contributed by atoms with van der Waals surface area (Å²) in [5, 5.41) is 9.01. The molecule has 1 aromatic rings. The van der Waals surface area contributed by atoms with E-state index in [4.69, 9.17) is 21.1 Å². The van der Waals surface area contributed by atoms with Gasteiger partial charge in [0.25, 0.3) is 0 Å². The fourth-order valence-electron chi connectivity index (χ4n) is 4.45. The molecule has 9 heteroatoms. The van der Waals surface area contributed by atoms with Crippen LogP contribution in [-0.2, 0) is 14.3 Å². The van der Waals surface area contributed by atoms with E-state index in [2.05, 4.69) is 20.9 Å². The van der Waals surface area contributed by atoms with Crippen LogP contribution in [0.5, 0.6) is 0 Å². The first-order valence-corrected chi connectivity index (χ1v) is 12.1. The van der Waals surface area contributed by atoms with Crippen LogP contribution in [0.15, 0.2) is 34.6 Å². The van der Waals surface area contributed by atoms with E-state index in [0.29, 0.717) is 37.1 Å². The summed E-state index contributed by atoms with van der Waals surface area (Å²) in [5.41, 5.74) is 2.07. The maximum atomic E-state index is 14.9. The van der Waals surface area contributed by atoms with Crippen LogP contribution in [0.3, 0.4) is 0 Å². The lowest BCUT2D eigenvalue weighted by Gasteiger charge is -2.28. The molecule has 7 nitrogen and oxygen atoms in total. The SMILES string of the molecule is CC1=C(NC(=O)C2CNCCOC2)N=CC(Cl)C1c1cc(NCC2CCOCC2)ccc1F. The Kier molecular flexibility index (Phi) is 8.35. The molecule has 2 saturated heterocycles. The number of hydrogen-bond acceptors (Lipinski definition) is 6. The van der Waals surface area contributed by atoms with Gasteiger partial charge in [0, 0.05) is 50.7 Å². The summed E-state index contributed by atoms with van der Waals surface area (Å²) in [4.78, 5) is 17.1. The molecule has 2 fully saturated rings. The van der Waals surface area contributed by atoms with E-state index in [1.54, 1.807) is 12.3 Å². The van der Waals surface area contributed by atoms with Crippen LogP contribution in [0.2, 0.25) is 0 Å². The lowest BCUT2D eigenvalue weighted by molar-refractivity contribution is -0.125. The van der Waals surface area contributed by atoms with Crippen molar-refractivity contribution in [1.82, 2.24) is 10.6 Å². The first kappa shape index (κ1) is 24.1. The number of amides is 1. The Morgan fingerprint density at radius 3 is 2.91 bits per heavy atom. The Morgan fingerprint density at radius 1 is 1.27 bits per heavy atom. The minimum atomic E-state index is -0.520. The van der Waals surface area contributed by atoms with Gasteiger partial charge < -0.3 is 25.4 Å². The topological polar surface area (TPSA) is 84.0 Å². The van der Waals surface area contributed by atoms with Gasteiger partial charge in [0.05, 0.1) is 24.5 Å². The van der Waals surface area contributed by atoms with Crippen molar-refractivity contribution in [2.24, 2.45) is 16.8 Å². The van der Waals surface area contributed by atoms with Crippen molar-refractivity contribution in [1.29, 1.82) is 0 Å². The maximum Gasteiger partial charge on any atom is 0.232 e. The second-order valence-corrected chi connectivity index (χ2v) is 9.37. The van der Waals surface area contributed by atoms with E-state index in [1.165, 1.54) is 6.07 Å². The molecule has 3 N–H and O–H groups in total. The average molecular weight is 479 g/mol. The lowest BCUT2D eigenvalue weighted by atomic mass is 9.86. The fraction of sp³-hybridized carbons (Fsp3) is 0.583. The second-order valence-electron chi connectivity index (χ2n) is 8.87. The molecule has 3 aliphatic heterocycles. The van der Waals surface area contributed by atoms with Crippen LogP contribution < -0.4 is 16.0 Å². The molecule has 0 radical (unpaired) electrons. The van der Waals surface area contributed by atoms with Gasteiger partial charge in [0.2, 0.25) is 5.91 Å². The zero-order valence-corrected chi connectivity index (χ0v) is 19.7. The summed E-state index contributed by atoms with van der Waals surface area (Å²) in [6.45, 7) is 6.43. The molecule has 3 aliphatic rings. The number of benzene rings is 1. The summed E-state index contributed by atoms with van der Waals surface area (Å²) < 4.78 is 25.8. The van der Waals surface area contributed by atoms with Gasteiger partial charge in [-0.1, -0.05) is 0 Å². The van der Waals surface area contributed by atoms with Gasteiger partial charge in [-0.3, -0.25) is 4.79 Å². The van der Waals surface area contributed by atoms with Crippen LogP contribution in [0, 0.1) is 17.7 Å². The van der Waals surface area contributed by atoms with Gasteiger partial charge in [-0.15, -0.1) is 11.6 Å². The number of nitrogens with zero attached hydrogens (tertiary/aromatic N) is 1. The van der Waals surface area contributed by atoms with Gasteiger partial charge in [-0.25, -0.2) is 9.38 Å². The molecule has 0 aliphatic carbocycles. The molecular formula is C24H32ClFN4O3. The summed E-state index contributed by atoms with van der Waals surface area (Å²) in [7, 11) is 0. The highest BCUT2D eigenvalue weighted by Gasteiger charge is 2.31. The van der Waals surface area contributed by atoms with Crippen molar-refractivity contribution >= 4 is 29.4 Å². The number of ether oxygens (including phenoxy) is 2. The molecule has 180 valence electrons. The third-order valence-corrected chi connectivity index (χ3v) is 6.88. The number of anilines is 1. The van der Waals surface area contributed by atoms with E-state index in [0.717, 1.165) is 50.4 Å². The summed E-state index contributed by atoms with van der Waals surface area (Å²) in [6, 6.07) is 5.04. The molecule has 0 saturated carbocycles. The Bertz CT molecular complexity index is 896. The first-order chi connectivity index (χ1) is 16.0. The Morgan fingerprint density at radius 2 is 2.09 bits per heavy atom. The molecule has 1 aromatic carbocycles. The monoisotopic (exact) mass is 478 g/mol. The lowest BCUT2D eigenvalue weighted by Crippen LogP contribution is -2.38. The van der Waals surface area contributed by atoms with Crippen LogP contribution in [0.4, 0.5) is 10.1 Å². The number of hydrogen-bond donors (Lipinski definition) is 3. The molecule has 0 spiro atoms. The molecule has 33 heavy (non-hydrogen) atoms. The summed E-state index contributed by atoms with van der Waals surface area (Å²) >= 11 is 6.58. The smallest absolute Gasteiger partial charge is 0.232 e. The number of allylic oxidation sites excluding steroid dienone is 1. The van der Waals surface area contributed by atoms with Gasteiger partial charge in [0.15, 0.2) is 0 Å². The quantitative estimate of drug-likeness (QED) is 0.547. The molecule has 3 heterocycles. The number of carbonyl (C=O) groups is 1. The van der Waals surface area contributed by atoms with E-state index in [9.17, 15) is 9.18 Å². The molecule has 3 unspecified atom stereocenters. The largest absolute Gasteiger partial charge is 0.385 e. The third-order valence-electron chi connectivity index (χ3n) is 6.52. The van der Waals surface area contributed by atoms with Crippen molar-refractivity contribution in [3.05, 3.63) is 41.0 Å². The number of nitrogens with one attached hydrogen (secondary N) is 3. The fourth-order valence-corrected chi connectivity index (χ4v) is 4.83. The number of rotatable bonds is 6. The molecule has 0 bridgehead atoms. The van der Waals surface area contributed by atoms with Crippen molar-refractivity contribution in [2.75, 3.05) is 51.4 Å². The predicted molar refractivity (Wildman–Crippen MR) is 127 cm³/mol. The van der Waals surface area contributed by atoms with Gasteiger partial charge >= 0.3 is 0 Å². The standard InChI is InChI=1S/C24H32ClFN4O3/c1-15-22(19-10-18(2-3-21(19)26)28-11-16-4-7-32-8-5-16)20(25)13-29-23(15)30-24(31)17-12-27-6-9-33-14-17/h2-3,10,13,16-17,20,22,27-28H,4-9,11-12,14H2,1H3,(H,30,31). The minimum absolute atomic E-state index is 0.171. The Hall–Kier alpha value is -2.00. The van der Waals surface area contributed by atoms with E-state index in [1.807, 2.05) is 13.0 Å². The highest BCUT2D eigenvalue weighted by molar-refractivity contribution is 6.29. The van der Waals surface area contributed by atoms with E-state index in [-0.39, 0.29) is 17.6 Å². The number of halogens is 2. The Balaban J connectivity index is 1.49. The van der Waals surface area contributed by atoms with Crippen molar-refractivity contribution in [3.63, 3.8) is 0 Å². The van der Waals surface area contributed by atoms with E-state index >= 15 is 0 Å². The maximum absolute atomic E-state index is 14.9. The highest BCUT2D eigenvalue weighted by Crippen LogP contribution is 2.37. The Labute approximate surface area is 199 Å². The highest BCUT2D eigenvalue weighted by atomic mass is 35.5. The molecule has 1 amide bonds.